The topological polar surface area (TPSA) is 35.5 Å². The van der Waals surface area contributed by atoms with E-state index < -0.39 is 0 Å². The van der Waals surface area contributed by atoms with Crippen molar-refractivity contribution in [2.45, 2.75) is 53.4 Å². The number of hydrogen-bond acceptors (Lipinski definition) is 3. The Morgan fingerprint density at radius 1 is 1.06 bits per heavy atom. The minimum atomic E-state index is -0.161. The van der Waals surface area contributed by atoms with Gasteiger partial charge in [0.25, 0.3) is 0 Å². The number of carbonyl (C=O) groups is 1. The van der Waals surface area contributed by atoms with Crippen LogP contribution in [0.15, 0.2) is 0 Å². The van der Waals surface area contributed by atoms with Crippen molar-refractivity contribution in [1.82, 2.24) is 0 Å². The van der Waals surface area contributed by atoms with E-state index in [0.29, 0.717) is 19.1 Å². The van der Waals surface area contributed by atoms with Crippen molar-refractivity contribution in [3.05, 3.63) is 0 Å². The molecule has 0 heterocycles. The molecule has 0 rings (SSSR count). The molecule has 0 radical (unpaired) electrons. The molecule has 0 saturated carbocycles. The van der Waals surface area contributed by atoms with Gasteiger partial charge in [-0.25, -0.2) is 0 Å². The Labute approximate surface area is 112 Å². The van der Waals surface area contributed by atoms with Crippen LogP contribution in [-0.4, -0.2) is 26.3 Å². The molecule has 0 bridgehead atoms. The third-order valence-corrected chi connectivity index (χ3v) is 3.15. The first-order chi connectivity index (χ1) is 8.47. The summed E-state index contributed by atoms with van der Waals surface area (Å²) in [6, 6.07) is 0. The molecule has 0 amide bonds. The Morgan fingerprint density at radius 3 is 2.28 bits per heavy atom. The van der Waals surface area contributed by atoms with Crippen LogP contribution in [0.2, 0.25) is 0 Å². The standard InChI is InChI=1S/C15H30O3/c1-12(2)7-6-8-13(3)9-10-18-15(16)14(4)11-17-5/h12-14H,6-11H2,1-5H3. The van der Waals surface area contributed by atoms with Crippen molar-refractivity contribution in [3.8, 4) is 0 Å². The highest BCUT2D eigenvalue weighted by molar-refractivity contribution is 5.72. The summed E-state index contributed by atoms with van der Waals surface area (Å²) in [5, 5.41) is 0. The zero-order valence-electron chi connectivity index (χ0n) is 12.7. The molecule has 0 aliphatic heterocycles. The van der Waals surface area contributed by atoms with Crippen LogP contribution >= 0.6 is 0 Å². The molecular formula is C15H30O3. The van der Waals surface area contributed by atoms with Crippen LogP contribution in [0.25, 0.3) is 0 Å². The van der Waals surface area contributed by atoms with E-state index in [-0.39, 0.29) is 11.9 Å². The monoisotopic (exact) mass is 258 g/mol. The Bertz CT molecular complexity index is 214. The summed E-state index contributed by atoms with van der Waals surface area (Å²) in [5.41, 5.74) is 0. The number of rotatable bonds is 10. The van der Waals surface area contributed by atoms with E-state index in [1.807, 2.05) is 6.92 Å². The van der Waals surface area contributed by atoms with Crippen molar-refractivity contribution in [3.63, 3.8) is 0 Å². The van der Waals surface area contributed by atoms with Gasteiger partial charge < -0.3 is 9.47 Å². The summed E-state index contributed by atoms with van der Waals surface area (Å²) in [6.07, 6.45) is 4.74. The molecule has 0 aromatic carbocycles. The maximum Gasteiger partial charge on any atom is 0.310 e. The van der Waals surface area contributed by atoms with E-state index in [1.54, 1.807) is 7.11 Å². The van der Waals surface area contributed by atoms with Crippen LogP contribution in [0.3, 0.4) is 0 Å². The summed E-state index contributed by atoms with van der Waals surface area (Å²) in [4.78, 5) is 11.5. The molecule has 0 N–H and O–H groups in total. The zero-order valence-corrected chi connectivity index (χ0v) is 12.7. The first-order valence-corrected chi connectivity index (χ1v) is 7.12. The van der Waals surface area contributed by atoms with Gasteiger partial charge in [0.15, 0.2) is 0 Å². The van der Waals surface area contributed by atoms with Crippen LogP contribution in [0.5, 0.6) is 0 Å². The summed E-state index contributed by atoms with van der Waals surface area (Å²) < 4.78 is 10.2. The molecule has 0 aromatic heterocycles. The van der Waals surface area contributed by atoms with Crippen LogP contribution in [0, 0.1) is 17.8 Å². The molecule has 18 heavy (non-hydrogen) atoms. The SMILES string of the molecule is COCC(C)C(=O)OCCC(C)CCCC(C)C. The van der Waals surface area contributed by atoms with Gasteiger partial charge in [-0.2, -0.15) is 0 Å². The van der Waals surface area contributed by atoms with Crippen molar-refractivity contribution >= 4 is 5.97 Å². The average molecular weight is 258 g/mol. The molecule has 2 atom stereocenters. The highest BCUT2D eigenvalue weighted by Gasteiger charge is 2.14. The molecule has 3 nitrogen and oxygen atoms in total. The molecule has 0 aliphatic rings. The lowest BCUT2D eigenvalue weighted by molar-refractivity contribution is -0.149. The van der Waals surface area contributed by atoms with Gasteiger partial charge in [0.05, 0.1) is 19.1 Å². The second kappa shape index (κ2) is 10.4. The van der Waals surface area contributed by atoms with Gasteiger partial charge in [0, 0.05) is 7.11 Å². The molecule has 0 fully saturated rings. The molecule has 0 aromatic rings. The Morgan fingerprint density at radius 2 is 1.72 bits per heavy atom. The number of ether oxygens (including phenoxy) is 2. The van der Waals surface area contributed by atoms with E-state index in [9.17, 15) is 4.79 Å². The second-order valence-electron chi connectivity index (χ2n) is 5.74. The highest BCUT2D eigenvalue weighted by Crippen LogP contribution is 2.15. The lowest BCUT2D eigenvalue weighted by atomic mass is 9.98. The summed E-state index contributed by atoms with van der Waals surface area (Å²) in [5.74, 6) is 1.11. The molecule has 0 saturated heterocycles. The summed E-state index contributed by atoms with van der Waals surface area (Å²) in [7, 11) is 1.60. The van der Waals surface area contributed by atoms with Gasteiger partial charge in [-0.3, -0.25) is 4.79 Å². The molecule has 0 spiro atoms. The van der Waals surface area contributed by atoms with Crippen LogP contribution in [-0.2, 0) is 14.3 Å². The summed E-state index contributed by atoms with van der Waals surface area (Å²) >= 11 is 0. The van der Waals surface area contributed by atoms with E-state index in [1.165, 1.54) is 19.3 Å². The number of hydrogen-bond donors (Lipinski definition) is 0. The number of carbonyl (C=O) groups excluding carboxylic acids is 1. The van der Waals surface area contributed by atoms with E-state index in [4.69, 9.17) is 9.47 Å². The largest absolute Gasteiger partial charge is 0.465 e. The molecular weight excluding hydrogens is 228 g/mol. The van der Waals surface area contributed by atoms with E-state index in [2.05, 4.69) is 20.8 Å². The lowest BCUT2D eigenvalue weighted by Crippen LogP contribution is -2.20. The van der Waals surface area contributed by atoms with Crippen LogP contribution in [0.1, 0.15) is 53.4 Å². The smallest absolute Gasteiger partial charge is 0.310 e. The normalized spacial score (nSPS) is 14.6. The van der Waals surface area contributed by atoms with Gasteiger partial charge in [-0.15, -0.1) is 0 Å². The van der Waals surface area contributed by atoms with Gasteiger partial charge >= 0.3 is 5.97 Å². The van der Waals surface area contributed by atoms with E-state index >= 15 is 0 Å². The zero-order chi connectivity index (χ0) is 14.0. The Hall–Kier alpha value is -0.570. The van der Waals surface area contributed by atoms with E-state index in [0.717, 1.165) is 12.3 Å². The molecule has 108 valence electrons. The van der Waals surface area contributed by atoms with Crippen LogP contribution < -0.4 is 0 Å². The van der Waals surface area contributed by atoms with Crippen molar-refractivity contribution in [2.24, 2.45) is 17.8 Å². The van der Waals surface area contributed by atoms with Gasteiger partial charge in [-0.1, -0.05) is 40.0 Å². The third-order valence-electron chi connectivity index (χ3n) is 3.15. The fourth-order valence-corrected chi connectivity index (χ4v) is 1.84. The molecule has 2 unspecified atom stereocenters. The number of esters is 1. The quantitative estimate of drug-likeness (QED) is 0.561. The van der Waals surface area contributed by atoms with Gasteiger partial charge in [0.2, 0.25) is 0 Å². The fraction of sp³-hybridized carbons (Fsp3) is 0.933. The maximum atomic E-state index is 11.5. The lowest BCUT2D eigenvalue weighted by Gasteiger charge is -2.14. The maximum absolute atomic E-state index is 11.5. The highest BCUT2D eigenvalue weighted by atomic mass is 16.5. The predicted octanol–water partition coefficient (Wildman–Crippen LogP) is 3.66. The first kappa shape index (κ1) is 17.4. The minimum absolute atomic E-state index is 0.147. The Kier molecular flexibility index (Phi) is 10.0. The third kappa shape index (κ3) is 9.46. The second-order valence-corrected chi connectivity index (χ2v) is 5.74. The summed E-state index contributed by atoms with van der Waals surface area (Å²) in [6.45, 7) is 9.54. The van der Waals surface area contributed by atoms with Crippen molar-refractivity contribution < 1.29 is 14.3 Å². The number of methoxy groups -OCH3 is 1. The van der Waals surface area contributed by atoms with Gasteiger partial charge in [-0.05, 0) is 25.2 Å². The fourth-order valence-electron chi connectivity index (χ4n) is 1.84. The predicted molar refractivity (Wildman–Crippen MR) is 74.5 cm³/mol. The first-order valence-electron chi connectivity index (χ1n) is 7.12. The Balaban J connectivity index is 3.55. The van der Waals surface area contributed by atoms with Crippen molar-refractivity contribution in [2.75, 3.05) is 20.3 Å². The average Bonchev–Trinajstić information content (AvgIpc) is 2.28. The molecule has 3 heteroatoms. The van der Waals surface area contributed by atoms with Gasteiger partial charge in [0.1, 0.15) is 0 Å². The van der Waals surface area contributed by atoms with Crippen molar-refractivity contribution in [1.29, 1.82) is 0 Å². The minimum Gasteiger partial charge on any atom is -0.465 e. The van der Waals surface area contributed by atoms with Crippen LogP contribution in [0.4, 0.5) is 0 Å². The molecule has 0 aliphatic carbocycles.